The fourth-order valence-electron chi connectivity index (χ4n) is 6.05. The molecule has 0 amide bonds. The van der Waals surface area contributed by atoms with Crippen LogP contribution in [0.3, 0.4) is 0 Å². The Hall–Kier alpha value is -1.41. The molecule has 1 rings (SSSR count). The van der Waals surface area contributed by atoms with Gasteiger partial charge in [0.05, 0.1) is 6.61 Å². The normalized spacial score (nSPS) is 23.8. The fourth-order valence-corrected chi connectivity index (χ4v) is 7.02. The van der Waals surface area contributed by atoms with Crippen LogP contribution >= 0.6 is 7.82 Å². The van der Waals surface area contributed by atoms with Crippen LogP contribution in [0.5, 0.6) is 0 Å². The van der Waals surface area contributed by atoms with Crippen molar-refractivity contribution in [2.24, 2.45) is 0 Å². The molecule has 0 aliphatic heterocycles. The fraction of sp³-hybridized carbons (Fsp3) is 0.895. The smallest absolute Gasteiger partial charge is 0.462 e. The second-order valence-corrected chi connectivity index (χ2v) is 15.5. The molecule has 6 N–H and O–H groups in total. The van der Waals surface area contributed by atoms with Gasteiger partial charge in [0.25, 0.3) is 0 Å². The van der Waals surface area contributed by atoms with E-state index in [1.54, 1.807) is 0 Å². The monoisotopic (exact) mass is 766 g/mol. The number of hydrogen-bond acceptors (Lipinski definition) is 12. The van der Waals surface area contributed by atoms with E-state index in [2.05, 4.69) is 26.0 Å². The number of aliphatic hydroxyl groups excluding tert-OH is 5. The van der Waals surface area contributed by atoms with Crippen molar-refractivity contribution < 1.29 is 63.1 Å². The molecule has 0 spiro atoms. The molecule has 0 radical (unpaired) electrons. The molecule has 14 heteroatoms. The number of hydrogen-bond donors (Lipinski definition) is 6. The number of rotatable bonds is 32. The van der Waals surface area contributed by atoms with E-state index in [4.69, 9.17) is 18.5 Å². The van der Waals surface area contributed by atoms with Gasteiger partial charge in [-0.05, 0) is 38.5 Å². The standard InChI is InChI=1S/C38H71O13P/c1-3-5-7-9-11-13-15-17-19-21-23-25-27-32(40)50-30(28-48-31(39)26-24-22-20-18-16-14-12-10-8-6-4-2)29-49-52(46,47)51-38-36(44)34(42)33(41)35(43)37(38)45/h11,13,30,33-38,41-45H,3-10,12,14-29H2,1-2H3,(H,46,47)/b13-11-. The second-order valence-electron chi connectivity index (χ2n) is 14.1. The maximum atomic E-state index is 12.7. The predicted octanol–water partition coefficient (Wildman–Crippen LogP) is 6.33. The van der Waals surface area contributed by atoms with E-state index in [1.807, 2.05) is 0 Å². The van der Waals surface area contributed by atoms with Gasteiger partial charge in [0.15, 0.2) is 6.10 Å². The van der Waals surface area contributed by atoms with Crippen molar-refractivity contribution in [3.05, 3.63) is 12.2 Å². The van der Waals surface area contributed by atoms with Gasteiger partial charge in [0.1, 0.15) is 43.2 Å². The molecule has 52 heavy (non-hydrogen) atoms. The Morgan fingerprint density at radius 1 is 0.577 bits per heavy atom. The number of allylic oxidation sites excluding steroid dienone is 2. The van der Waals surface area contributed by atoms with Crippen LogP contribution in [-0.2, 0) is 32.7 Å². The summed E-state index contributed by atoms with van der Waals surface area (Å²) in [5.74, 6) is -1.11. The Bertz CT molecular complexity index is 980. The summed E-state index contributed by atoms with van der Waals surface area (Å²) in [7, 11) is -5.10. The van der Waals surface area contributed by atoms with Gasteiger partial charge in [-0.1, -0.05) is 122 Å². The van der Waals surface area contributed by atoms with Gasteiger partial charge in [-0.15, -0.1) is 0 Å². The van der Waals surface area contributed by atoms with E-state index in [9.17, 15) is 44.6 Å². The molecule has 306 valence electrons. The van der Waals surface area contributed by atoms with Gasteiger partial charge in [0.2, 0.25) is 0 Å². The minimum atomic E-state index is -5.10. The molecule has 1 fully saturated rings. The maximum Gasteiger partial charge on any atom is 0.472 e. The lowest BCUT2D eigenvalue weighted by Crippen LogP contribution is -2.64. The summed E-state index contributed by atoms with van der Waals surface area (Å²) in [6.07, 6.45) is 14.3. The van der Waals surface area contributed by atoms with Gasteiger partial charge >= 0.3 is 19.8 Å². The van der Waals surface area contributed by atoms with Crippen molar-refractivity contribution in [1.82, 2.24) is 0 Å². The van der Waals surface area contributed by atoms with Crippen molar-refractivity contribution in [3.63, 3.8) is 0 Å². The summed E-state index contributed by atoms with van der Waals surface area (Å²) in [6.45, 7) is 3.23. The van der Waals surface area contributed by atoms with Crippen LogP contribution in [0, 0.1) is 0 Å². The maximum absolute atomic E-state index is 12.7. The molecule has 0 aromatic heterocycles. The number of carbonyl (C=O) groups is 2. The van der Waals surface area contributed by atoms with Gasteiger partial charge in [0, 0.05) is 12.8 Å². The zero-order valence-corrected chi connectivity index (χ0v) is 32.8. The van der Waals surface area contributed by atoms with Crippen LogP contribution in [0.4, 0.5) is 0 Å². The molecule has 13 nitrogen and oxygen atoms in total. The molecule has 6 unspecified atom stereocenters. The van der Waals surface area contributed by atoms with E-state index in [1.165, 1.54) is 64.2 Å². The van der Waals surface area contributed by atoms with Gasteiger partial charge in [-0.3, -0.25) is 18.6 Å². The van der Waals surface area contributed by atoms with Crippen LogP contribution in [0.25, 0.3) is 0 Å². The quantitative estimate of drug-likeness (QED) is 0.0192. The predicted molar refractivity (Wildman–Crippen MR) is 198 cm³/mol. The number of carbonyl (C=O) groups excluding carboxylic acids is 2. The molecule has 6 atom stereocenters. The van der Waals surface area contributed by atoms with Gasteiger partial charge in [-0.25, -0.2) is 4.57 Å². The first kappa shape index (κ1) is 48.6. The number of unbranched alkanes of at least 4 members (excludes halogenated alkanes) is 18. The highest BCUT2D eigenvalue weighted by Gasteiger charge is 2.51. The van der Waals surface area contributed by atoms with Crippen molar-refractivity contribution in [3.8, 4) is 0 Å². The van der Waals surface area contributed by atoms with Crippen molar-refractivity contribution in [2.75, 3.05) is 13.2 Å². The lowest BCUT2D eigenvalue weighted by Gasteiger charge is -2.41. The summed E-state index contributed by atoms with van der Waals surface area (Å²) in [5.41, 5.74) is 0. The van der Waals surface area contributed by atoms with Gasteiger partial charge in [-0.2, -0.15) is 0 Å². The zero-order valence-electron chi connectivity index (χ0n) is 31.9. The van der Waals surface area contributed by atoms with Crippen LogP contribution in [-0.4, -0.2) is 98.3 Å². The average molecular weight is 767 g/mol. The van der Waals surface area contributed by atoms with Crippen molar-refractivity contribution in [1.29, 1.82) is 0 Å². The molecule has 0 aromatic rings. The molecule has 0 bridgehead atoms. The third-order valence-electron chi connectivity index (χ3n) is 9.36. The molecule has 1 aliphatic rings. The minimum absolute atomic E-state index is 0.0896. The summed E-state index contributed by atoms with van der Waals surface area (Å²) in [5, 5.41) is 49.9. The van der Waals surface area contributed by atoms with E-state index in [-0.39, 0.29) is 12.8 Å². The highest BCUT2D eigenvalue weighted by molar-refractivity contribution is 7.47. The van der Waals surface area contributed by atoms with Crippen molar-refractivity contribution in [2.45, 2.75) is 204 Å². The van der Waals surface area contributed by atoms with E-state index in [0.717, 1.165) is 57.8 Å². The number of esters is 2. The van der Waals surface area contributed by atoms with E-state index in [0.29, 0.717) is 12.8 Å². The summed E-state index contributed by atoms with van der Waals surface area (Å²) in [6, 6.07) is 0. The highest BCUT2D eigenvalue weighted by Crippen LogP contribution is 2.47. The molecule has 1 saturated carbocycles. The number of phosphoric ester groups is 1. The minimum Gasteiger partial charge on any atom is -0.462 e. The molecule has 1 aliphatic carbocycles. The van der Waals surface area contributed by atoms with Crippen LogP contribution < -0.4 is 0 Å². The largest absolute Gasteiger partial charge is 0.472 e. The molecular formula is C38H71O13P. The molecule has 0 heterocycles. The van der Waals surface area contributed by atoms with Crippen molar-refractivity contribution >= 4 is 19.8 Å². The molecule has 0 aromatic carbocycles. The SMILES string of the molecule is CCCCC/C=C\CCCCCCCC(=O)OC(COC(=O)CCCCCCCCCCCCC)COP(=O)(O)OC1C(O)C(O)C(O)C(O)C1O. The Balaban J connectivity index is 2.54. The Morgan fingerprint density at radius 2 is 0.981 bits per heavy atom. The lowest BCUT2D eigenvalue weighted by molar-refractivity contribution is -0.220. The van der Waals surface area contributed by atoms with Crippen LogP contribution in [0.1, 0.15) is 162 Å². The topological polar surface area (TPSA) is 210 Å². The highest BCUT2D eigenvalue weighted by atomic mass is 31.2. The first-order valence-corrected chi connectivity index (χ1v) is 21.5. The van der Waals surface area contributed by atoms with Gasteiger partial charge < -0.3 is 39.9 Å². The average Bonchev–Trinajstić information content (AvgIpc) is 3.12. The number of aliphatic hydroxyl groups is 5. The van der Waals surface area contributed by atoms with Crippen LogP contribution in [0.2, 0.25) is 0 Å². The van der Waals surface area contributed by atoms with Crippen LogP contribution in [0.15, 0.2) is 12.2 Å². The Kier molecular flexibility index (Phi) is 27.9. The summed E-state index contributed by atoms with van der Waals surface area (Å²) >= 11 is 0. The summed E-state index contributed by atoms with van der Waals surface area (Å²) in [4.78, 5) is 35.4. The van der Waals surface area contributed by atoms with E-state index < -0.39 is 75.7 Å². The summed E-state index contributed by atoms with van der Waals surface area (Å²) < 4.78 is 33.3. The first-order valence-electron chi connectivity index (χ1n) is 20.0. The third kappa shape index (κ3) is 22.7. The first-order chi connectivity index (χ1) is 24.9. The second kappa shape index (κ2) is 29.9. The zero-order chi connectivity index (χ0) is 38.6. The third-order valence-corrected chi connectivity index (χ3v) is 10.3. The number of phosphoric acid groups is 1. The lowest BCUT2D eigenvalue weighted by atomic mass is 9.85. The molecule has 0 saturated heterocycles. The number of ether oxygens (including phenoxy) is 2. The van der Waals surface area contributed by atoms with E-state index >= 15 is 0 Å². The Morgan fingerprint density at radius 3 is 1.50 bits per heavy atom. The Labute approximate surface area is 312 Å². The molecular weight excluding hydrogens is 695 g/mol.